The number of ether oxygens (including phenoxy) is 3. The monoisotopic (exact) mass is 383 g/mol. The molecule has 0 bridgehead atoms. The summed E-state index contributed by atoms with van der Waals surface area (Å²) >= 11 is 0. The molecule has 0 saturated carbocycles. The molecule has 0 aliphatic rings. The summed E-state index contributed by atoms with van der Waals surface area (Å²) in [6.45, 7) is 0.387. The number of aliphatic imine (C=N–C) groups is 1. The third-order valence-electron chi connectivity index (χ3n) is 3.51. The van der Waals surface area contributed by atoms with Crippen LogP contribution in [0.5, 0.6) is 17.2 Å². The number of halogens is 3. The van der Waals surface area contributed by atoms with Crippen LogP contribution >= 0.6 is 0 Å². The van der Waals surface area contributed by atoms with E-state index in [0.717, 1.165) is 11.3 Å². The van der Waals surface area contributed by atoms with E-state index in [-0.39, 0.29) is 11.7 Å². The molecule has 2 aromatic carbocycles. The summed E-state index contributed by atoms with van der Waals surface area (Å²) < 4.78 is 50.7. The van der Waals surface area contributed by atoms with Crippen LogP contribution in [0.25, 0.3) is 0 Å². The van der Waals surface area contributed by atoms with Gasteiger partial charge in [-0.2, -0.15) is 0 Å². The quantitative estimate of drug-likeness (QED) is 0.565. The zero-order chi connectivity index (χ0) is 19.9. The van der Waals surface area contributed by atoms with E-state index in [1.807, 2.05) is 12.1 Å². The van der Waals surface area contributed by atoms with E-state index >= 15 is 0 Å². The Bertz CT molecular complexity index is 778. The predicted octanol–water partition coefficient (Wildman–Crippen LogP) is 3.57. The van der Waals surface area contributed by atoms with E-state index in [1.54, 1.807) is 20.3 Å². The van der Waals surface area contributed by atoms with Gasteiger partial charge in [0, 0.05) is 12.2 Å². The first-order valence-electron chi connectivity index (χ1n) is 7.94. The van der Waals surface area contributed by atoms with Crippen LogP contribution in [-0.2, 0) is 6.42 Å². The van der Waals surface area contributed by atoms with Crippen LogP contribution < -0.4 is 25.3 Å². The topological polar surface area (TPSA) is 78.1 Å². The SMILES string of the molecule is COc1ccc(OC)c(CCN=C(N)Nc2ccc(OC(F)(F)F)cc2)c1. The number of nitrogens with two attached hydrogens (primary N) is 1. The van der Waals surface area contributed by atoms with E-state index < -0.39 is 6.36 Å². The summed E-state index contributed by atoms with van der Waals surface area (Å²) in [6.07, 6.45) is -4.16. The summed E-state index contributed by atoms with van der Waals surface area (Å²) in [5, 5.41) is 2.80. The van der Waals surface area contributed by atoms with Crippen LogP contribution in [0, 0.1) is 0 Å². The normalized spacial score (nSPS) is 11.8. The average molecular weight is 383 g/mol. The third-order valence-corrected chi connectivity index (χ3v) is 3.51. The number of hydrogen-bond acceptors (Lipinski definition) is 4. The van der Waals surface area contributed by atoms with Crippen molar-refractivity contribution in [2.24, 2.45) is 10.7 Å². The largest absolute Gasteiger partial charge is 0.573 e. The Morgan fingerprint density at radius 3 is 2.30 bits per heavy atom. The number of methoxy groups -OCH3 is 2. The van der Waals surface area contributed by atoms with Gasteiger partial charge in [-0.15, -0.1) is 13.2 Å². The first-order chi connectivity index (χ1) is 12.8. The molecule has 0 atom stereocenters. The molecule has 0 spiro atoms. The van der Waals surface area contributed by atoms with Crippen molar-refractivity contribution in [3.05, 3.63) is 48.0 Å². The molecule has 0 aliphatic heterocycles. The fourth-order valence-corrected chi connectivity index (χ4v) is 2.30. The highest BCUT2D eigenvalue weighted by Gasteiger charge is 2.30. The van der Waals surface area contributed by atoms with Crippen LogP contribution in [0.4, 0.5) is 18.9 Å². The molecule has 0 aromatic heterocycles. The summed E-state index contributed by atoms with van der Waals surface area (Å²) in [7, 11) is 3.16. The lowest BCUT2D eigenvalue weighted by Gasteiger charge is -2.11. The van der Waals surface area contributed by atoms with Crippen LogP contribution in [0.1, 0.15) is 5.56 Å². The molecule has 0 amide bonds. The van der Waals surface area contributed by atoms with Crippen LogP contribution in [0.2, 0.25) is 0 Å². The van der Waals surface area contributed by atoms with E-state index in [4.69, 9.17) is 15.2 Å². The fraction of sp³-hybridized carbons (Fsp3) is 0.278. The number of anilines is 1. The smallest absolute Gasteiger partial charge is 0.497 e. The van der Waals surface area contributed by atoms with Gasteiger partial charge in [0.1, 0.15) is 17.2 Å². The number of hydrogen-bond donors (Lipinski definition) is 2. The summed E-state index contributed by atoms with van der Waals surface area (Å²) in [5.74, 6) is 1.26. The van der Waals surface area contributed by atoms with E-state index in [9.17, 15) is 13.2 Å². The molecule has 0 aliphatic carbocycles. The Labute approximate surface area is 154 Å². The van der Waals surface area contributed by atoms with Crippen LogP contribution in [-0.4, -0.2) is 33.1 Å². The van der Waals surface area contributed by atoms with Crippen molar-refractivity contribution in [3.63, 3.8) is 0 Å². The number of rotatable bonds is 7. The fourth-order valence-electron chi connectivity index (χ4n) is 2.30. The Balaban J connectivity index is 1.93. The minimum atomic E-state index is -4.73. The molecule has 2 aromatic rings. The molecule has 0 saturated heterocycles. The minimum Gasteiger partial charge on any atom is -0.497 e. The number of alkyl halides is 3. The molecule has 0 fully saturated rings. The average Bonchev–Trinajstić information content (AvgIpc) is 2.62. The maximum absolute atomic E-state index is 12.1. The highest BCUT2D eigenvalue weighted by molar-refractivity contribution is 5.92. The van der Waals surface area contributed by atoms with Gasteiger partial charge in [0.15, 0.2) is 5.96 Å². The maximum Gasteiger partial charge on any atom is 0.573 e. The van der Waals surface area contributed by atoms with Gasteiger partial charge in [-0.1, -0.05) is 0 Å². The molecular formula is C18H20F3N3O3. The Morgan fingerprint density at radius 1 is 1.04 bits per heavy atom. The molecule has 146 valence electrons. The van der Waals surface area contributed by atoms with Crippen LogP contribution in [0.3, 0.4) is 0 Å². The summed E-state index contributed by atoms with van der Waals surface area (Å²) in [6, 6.07) is 10.7. The molecule has 0 heterocycles. The second-order valence-electron chi connectivity index (χ2n) is 5.39. The zero-order valence-corrected chi connectivity index (χ0v) is 14.8. The molecule has 27 heavy (non-hydrogen) atoms. The zero-order valence-electron chi connectivity index (χ0n) is 14.8. The Morgan fingerprint density at radius 2 is 1.70 bits per heavy atom. The van der Waals surface area contributed by atoms with Gasteiger partial charge in [0.2, 0.25) is 0 Å². The van der Waals surface area contributed by atoms with Crippen LogP contribution in [0.15, 0.2) is 47.5 Å². The first-order valence-corrected chi connectivity index (χ1v) is 7.94. The lowest BCUT2D eigenvalue weighted by Crippen LogP contribution is -2.23. The van der Waals surface area contributed by atoms with E-state index in [2.05, 4.69) is 15.0 Å². The van der Waals surface area contributed by atoms with Crippen molar-refractivity contribution in [3.8, 4) is 17.2 Å². The number of nitrogens with one attached hydrogen (secondary N) is 1. The van der Waals surface area contributed by atoms with Gasteiger partial charge < -0.3 is 25.3 Å². The van der Waals surface area contributed by atoms with Crippen molar-refractivity contribution in [1.82, 2.24) is 0 Å². The van der Waals surface area contributed by atoms with Gasteiger partial charge in [0.25, 0.3) is 0 Å². The number of nitrogens with zero attached hydrogens (tertiary/aromatic N) is 1. The number of guanidine groups is 1. The lowest BCUT2D eigenvalue weighted by atomic mass is 10.1. The molecular weight excluding hydrogens is 363 g/mol. The van der Waals surface area contributed by atoms with Gasteiger partial charge in [-0.3, -0.25) is 4.99 Å². The van der Waals surface area contributed by atoms with Crippen molar-refractivity contribution in [2.45, 2.75) is 12.8 Å². The van der Waals surface area contributed by atoms with E-state index in [1.165, 1.54) is 24.3 Å². The van der Waals surface area contributed by atoms with Crippen molar-refractivity contribution >= 4 is 11.6 Å². The second-order valence-corrected chi connectivity index (χ2v) is 5.39. The molecule has 0 radical (unpaired) electrons. The summed E-state index contributed by atoms with van der Waals surface area (Å²) in [5.41, 5.74) is 7.22. The van der Waals surface area contributed by atoms with Gasteiger partial charge in [0.05, 0.1) is 14.2 Å². The molecule has 3 N–H and O–H groups in total. The third kappa shape index (κ3) is 6.61. The molecule has 0 unspecified atom stereocenters. The highest BCUT2D eigenvalue weighted by Crippen LogP contribution is 2.25. The predicted molar refractivity (Wildman–Crippen MR) is 96.5 cm³/mol. The lowest BCUT2D eigenvalue weighted by molar-refractivity contribution is -0.274. The van der Waals surface area contributed by atoms with Gasteiger partial charge >= 0.3 is 6.36 Å². The number of benzene rings is 2. The Hall–Kier alpha value is -3.10. The van der Waals surface area contributed by atoms with Crippen molar-refractivity contribution in [2.75, 3.05) is 26.1 Å². The molecule has 9 heteroatoms. The van der Waals surface area contributed by atoms with E-state index in [0.29, 0.717) is 24.4 Å². The van der Waals surface area contributed by atoms with Crippen molar-refractivity contribution in [1.29, 1.82) is 0 Å². The standard InChI is InChI=1S/C18H20F3N3O3/c1-25-15-7-8-16(26-2)12(11-15)9-10-23-17(22)24-13-3-5-14(6-4-13)27-18(19,20)21/h3-8,11H,9-10H2,1-2H3,(H3,22,23,24). The van der Waals surface area contributed by atoms with Gasteiger partial charge in [-0.05, 0) is 54.4 Å². The highest BCUT2D eigenvalue weighted by atomic mass is 19.4. The Kier molecular flexibility index (Phi) is 6.75. The first kappa shape index (κ1) is 20.2. The molecule has 6 nitrogen and oxygen atoms in total. The second kappa shape index (κ2) is 9.02. The summed E-state index contributed by atoms with van der Waals surface area (Å²) in [4.78, 5) is 4.20. The molecule has 2 rings (SSSR count). The van der Waals surface area contributed by atoms with Gasteiger partial charge in [-0.25, -0.2) is 0 Å². The maximum atomic E-state index is 12.1. The minimum absolute atomic E-state index is 0.140. The van der Waals surface area contributed by atoms with Crippen molar-refractivity contribution < 1.29 is 27.4 Å².